The third-order valence-corrected chi connectivity index (χ3v) is 4.15. The van der Waals surface area contributed by atoms with Crippen molar-refractivity contribution in [3.63, 3.8) is 0 Å². The molecule has 2 N–H and O–H groups in total. The van der Waals surface area contributed by atoms with Gasteiger partial charge in [-0.15, -0.1) is 0 Å². The summed E-state index contributed by atoms with van der Waals surface area (Å²) in [6, 6.07) is 2.01. The summed E-state index contributed by atoms with van der Waals surface area (Å²) in [6.45, 7) is 1.33. The second kappa shape index (κ2) is 7.32. The molecule has 0 aliphatic carbocycles. The molecule has 2 amide bonds. The number of amides is 2. The molecule has 0 aromatic heterocycles. The largest absolute Gasteiger partial charge is 0.481 e. The lowest BCUT2D eigenvalue weighted by Crippen LogP contribution is -2.50. The Morgan fingerprint density at radius 2 is 2.04 bits per heavy atom. The number of carboxylic acid groups (broad SMARTS) is 1. The van der Waals surface area contributed by atoms with E-state index in [1.54, 1.807) is 14.0 Å². The van der Waals surface area contributed by atoms with Gasteiger partial charge in [-0.3, -0.25) is 24.2 Å². The fraction of sp³-hybridized carbons (Fsp3) is 0.438. The molecule has 26 heavy (non-hydrogen) atoms. The van der Waals surface area contributed by atoms with Gasteiger partial charge in [0.05, 0.1) is 29.4 Å². The van der Waals surface area contributed by atoms with Gasteiger partial charge in [0.1, 0.15) is 6.54 Å². The van der Waals surface area contributed by atoms with E-state index in [4.69, 9.17) is 5.11 Å². The van der Waals surface area contributed by atoms with Gasteiger partial charge in [0, 0.05) is 6.54 Å². The summed E-state index contributed by atoms with van der Waals surface area (Å²) in [5, 5.41) is 11.1. The molecule has 0 spiro atoms. The third-order valence-electron chi connectivity index (χ3n) is 4.15. The summed E-state index contributed by atoms with van der Waals surface area (Å²) in [5.74, 6) is -2.13. The summed E-state index contributed by atoms with van der Waals surface area (Å²) >= 11 is 0. The first-order valence-corrected chi connectivity index (χ1v) is 7.75. The number of hydrogen-bond donors (Lipinski definition) is 2. The summed E-state index contributed by atoms with van der Waals surface area (Å²) < 4.78 is 38.5. The van der Waals surface area contributed by atoms with Crippen LogP contribution in [0.15, 0.2) is 18.2 Å². The second-order valence-electron chi connectivity index (χ2n) is 6.00. The number of likely N-dealkylation sites (N-methyl/N-ethyl adjacent to an activating group) is 1. The number of nitrogens with zero attached hydrogens (tertiary/aromatic N) is 2. The lowest BCUT2D eigenvalue weighted by molar-refractivity contribution is -0.138. The molecule has 1 unspecified atom stereocenters. The predicted molar refractivity (Wildman–Crippen MR) is 86.8 cm³/mol. The van der Waals surface area contributed by atoms with Crippen LogP contribution in [0.5, 0.6) is 0 Å². The molecular formula is C16H18F3N3O4. The molecule has 0 saturated heterocycles. The Bertz CT molecular complexity index is 736. The fourth-order valence-electron chi connectivity index (χ4n) is 2.54. The number of hydrogen-bond acceptors (Lipinski definition) is 4. The van der Waals surface area contributed by atoms with Crippen LogP contribution < -0.4 is 10.2 Å². The first-order valence-electron chi connectivity index (χ1n) is 7.75. The molecule has 7 nitrogen and oxygen atoms in total. The van der Waals surface area contributed by atoms with Crippen LogP contribution in [0.3, 0.4) is 0 Å². The summed E-state index contributed by atoms with van der Waals surface area (Å²) in [6.07, 6.45) is -4.74. The molecule has 10 heteroatoms. The van der Waals surface area contributed by atoms with Gasteiger partial charge in [-0.2, -0.15) is 13.2 Å². The Labute approximate surface area is 147 Å². The average molecular weight is 373 g/mol. The molecular weight excluding hydrogens is 355 g/mol. The highest BCUT2D eigenvalue weighted by molar-refractivity contribution is 6.11. The van der Waals surface area contributed by atoms with Gasteiger partial charge in [-0.05, 0) is 32.2 Å². The van der Waals surface area contributed by atoms with E-state index in [-0.39, 0.29) is 30.9 Å². The highest BCUT2D eigenvalue weighted by Gasteiger charge is 2.35. The van der Waals surface area contributed by atoms with Crippen molar-refractivity contribution in [2.45, 2.75) is 25.6 Å². The fourth-order valence-corrected chi connectivity index (χ4v) is 2.54. The average Bonchev–Trinajstić information content (AvgIpc) is 2.56. The van der Waals surface area contributed by atoms with Gasteiger partial charge < -0.3 is 10.4 Å². The normalized spacial score (nSPS) is 15.5. The molecule has 142 valence electrons. The molecule has 1 aromatic rings. The Morgan fingerprint density at radius 1 is 1.38 bits per heavy atom. The maximum Gasteiger partial charge on any atom is 0.416 e. The van der Waals surface area contributed by atoms with E-state index in [0.717, 1.165) is 23.1 Å². The molecule has 0 saturated carbocycles. The van der Waals surface area contributed by atoms with Gasteiger partial charge in [0.25, 0.3) is 0 Å². The first kappa shape index (κ1) is 19.7. The van der Waals surface area contributed by atoms with Crippen molar-refractivity contribution in [2.24, 2.45) is 0 Å². The van der Waals surface area contributed by atoms with Gasteiger partial charge in [0.2, 0.25) is 11.8 Å². The number of alkyl halides is 3. The molecule has 0 fully saturated rings. The number of benzene rings is 1. The zero-order chi connectivity index (χ0) is 19.6. The number of carbonyl (C=O) groups excluding carboxylic acids is 2. The molecule has 1 aliphatic heterocycles. The Kier molecular flexibility index (Phi) is 5.55. The molecule has 1 atom stereocenters. The van der Waals surface area contributed by atoms with Crippen molar-refractivity contribution < 1.29 is 32.7 Å². The van der Waals surface area contributed by atoms with Crippen LogP contribution in [-0.4, -0.2) is 54.0 Å². The van der Waals surface area contributed by atoms with Crippen LogP contribution in [0.25, 0.3) is 0 Å². The zero-order valence-corrected chi connectivity index (χ0v) is 14.1. The van der Waals surface area contributed by atoms with Crippen molar-refractivity contribution in [3.05, 3.63) is 23.8 Å². The van der Waals surface area contributed by atoms with Crippen LogP contribution >= 0.6 is 0 Å². The van der Waals surface area contributed by atoms with Gasteiger partial charge >= 0.3 is 12.1 Å². The topological polar surface area (TPSA) is 90.0 Å². The SMILES string of the molecule is CC(C(=O)N1CC(=O)Nc2cc(C(F)(F)F)ccc21)N(C)CCC(=O)O. The maximum absolute atomic E-state index is 12.8. The lowest BCUT2D eigenvalue weighted by atomic mass is 10.1. The number of nitrogens with one attached hydrogen (secondary N) is 1. The lowest BCUT2D eigenvalue weighted by Gasteiger charge is -2.34. The molecule has 1 aromatic carbocycles. The number of halogens is 3. The van der Waals surface area contributed by atoms with E-state index in [9.17, 15) is 27.6 Å². The second-order valence-corrected chi connectivity index (χ2v) is 6.00. The number of anilines is 2. The monoisotopic (exact) mass is 373 g/mol. The number of aliphatic carboxylic acids is 1. The van der Waals surface area contributed by atoms with Crippen molar-refractivity contribution in [3.8, 4) is 0 Å². The van der Waals surface area contributed by atoms with Crippen molar-refractivity contribution in [1.29, 1.82) is 0 Å². The van der Waals surface area contributed by atoms with Crippen molar-refractivity contribution in [2.75, 3.05) is 30.4 Å². The van der Waals surface area contributed by atoms with Gasteiger partial charge in [0.15, 0.2) is 0 Å². The smallest absolute Gasteiger partial charge is 0.416 e. The summed E-state index contributed by atoms with van der Waals surface area (Å²) in [5.41, 5.74) is -0.858. The highest BCUT2D eigenvalue weighted by Crippen LogP contribution is 2.37. The van der Waals surface area contributed by atoms with Gasteiger partial charge in [-0.25, -0.2) is 0 Å². The molecule has 1 aliphatic rings. The predicted octanol–water partition coefficient (Wildman–Crippen LogP) is 1.79. The number of carbonyl (C=O) groups is 3. The first-order chi connectivity index (χ1) is 12.0. The molecule has 0 radical (unpaired) electrons. The quantitative estimate of drug-likeness (QED) is 0.821. The Hall–Kier alpha value is -2.62. The van der Waals surface area contributed by atoms with Crippen molar-refractivity contribution >= 4 is 29.2 Å². The van der Waals surface area contributed by atoms with Crippen LogP contribution in [0, 0.1) is 0 Å². The number of rotatable bonds is 5. The summed E-state index contributed by atoms with van der Waals surface area (Å²) in [7, 11) is 1.56. The van der Waals surface area contributed by atoms with E-state index in [1.807, 2.05) is 0 Å². The Balaban J connectivity index is 2.27. The van der Waals surface area contributed by atoms with Gasteiger partial charge in [-0.1, -0.05) is 0 Å². The van der Waals surface area contributed by atoms with Crippen molar-refractivity contribution in [1.82, 2.24) is 4.90 Å². The molecule has 2 rings (SSSR count). The minimum absolute atomic E-state index is 0.0928. The van der Waals surface area contributed by atoms with E-state index >= 15 is 0 Å². The van der Waals surface area contributed by atoms with E-state index < -0.39 is 35.6 Å². The highest BCUT2D eigenvalue weighted by atomic mass is 19.4. The minimum Gasteiger partial charge on any atom is -0.481 e. The number of fused-ring (bicyclic) bond motifs is 1. The van der Waals surface area contributed by atoms with Crippen LogP contribution in [0.4, 0.5) is 24.5 Å². The van der Waals surface area contributed by atoms with E-state index in [1.165, 1.54) is 4.90 Å². The Morgan fingerprint density at radius 3 is 2.62 bits per heavy atom. The van der Waals surface area contributed by atoms with Crippen LogP contribution in [0.1, 0.15) is 18.9 Å². The standard InChI is InChI=1S/C16H18F3N3O4/c1-9(21(2)6-5-14(24)25)15(26)22-8-13(23)20-11-7-10(16(17,18)19)3-4-12(11)22/h3-4,7,9H,5-6,8H2,1-2H3,(H,20,23)(H,24,25). The van der Waals surface area contributed by atoms with Crippen LogP contribution in [0.2, 0.25) is 0 Å². The number of carboxylic acids is 1. The van der Waals surface area contributed by atoms with E-state index in [2.05, 4.69) is 5.32 Å². The third kappa shape index (κ3) is 4.31. The maximum atomic E-state index is 12.8. The van der Waals surface area contributed by atoms with E-state index in [0.29, 0.717) is 0 Å². The zero-order valence-electron chi connectivity index (χ0n) is 14.1. The minimum atomic E-state index is -4.57. The summed E-state index contributed by atoms with van der Waals surface area (Å²) in [4.78, 5) is 37.8. The molecule has 1 heterocycles. The van der Waals surface area contributed by atoms with Crippen LogP contribution in [-0.2, 0) is 20.6 Å². The molecule has 0 bridgehead atoms.